The van der Waals surface area contributed by atoms with Crippen LogP contribution in [0.15, 0.2) is 36.7 Å². The number of aromatic nitrogens is 4. The van der Waals surface area contributed by atoms with Gasteiger partial charge in [0.1, 0.15) is 11.6 Å². The summed E-state index contributed by atoms with van der Waals surface area (Å²) in [5, 5.41) is 9.33. The first-order valence-electron chi connectivity index (χ1n) is 8.52. The molecule has 5 nitrogen and oxygen atoms in total. The minimum atomic E-state index is 0.248. The maximum Gasteiger partial charge on any atom is 0.234 e. The molecule has 0 unspecified atom stereocenters. The third kappa shape index (κ3) is 2.76. The molecule has 0 aliphatic heterocycles. The molecule has 5 heteroatoms. The molecule has 2 aromatic heterocycles. The van der Waals surface area contributed by atoms with Gasteiger partial charge in [0.15, 0.2) is 5.65 Å². The summed E-state index contributed by atoms with van der Waals surface area (Å²) in [6.45, 7) is 0.698. The van der Waals surface area contributed by atoms with Crippen LogP contribution in [-0.2, 0) is 6.54 Å². The van der Waals surface area contributed by atoms with Crippen molar-refractivity contribution in [1.82, 2.24) is 19.5 Å². The number of rotatable bonds is 3. The van der Waals surface area contributed by atoms with Crippen LogP contribution >= 0.6 is 0 Å². The van der Waals surface area contributed by atoms with Crippen LogP contribution in [0, 0.1) is 11.3 Å². The van der Waals surface area contributed by atoms with E-state index in [2.05, 4.69) is 33.2 Å². The van der Waals surface area contributed by atoms with E-state index in [-0.39, 0.29) is 5.82 Å². The van der Waals surface area contributed by atoms with Crippen molar-refractivity contribution in [3.05, 3.63) is 53.7 Å². The summed E-state index contributed by atoms with van der Waals surface area (Å²) < 4.78 is 2.01. The minimum absolute atomic E-state index is 0.248. The fourth-order valence-electron chi connectivity index (χ4n) is 3.57. The van der Waals surface area contributed by atoms with Crippen molar-refractivity contribution in [3.8, 4) is 6.07 Å². The fraction of sp³-hybridized carbons (Fsp3) is 0.368. The van der Waals surface area contributed by atoms with Gasteiger partial charge in [-0.15, -0.1) is 0 Å². The summed E-state index contributed by atoms with van der Waals surface area (Å²) >= 11 is 0. The van der Waals surface area contributed by atoms with Gasteiger partial charge >= 0.3 is 0 Å². The zero-order valence-electron chi connectivity index (χ0n) is 13.5. The van der Waals surface area contributed by atoms with Crippen molar-refractivity contribution in [2.45, 2.75) is 44.6 Å². The zero-order chi connectivity index (χ0) is 16.4. The summed E-state index contributed by atoms with van der Waals surface area (Å²) in [5.41, 5.74) is 3.78. The Bertz CT molecular complexity index is 885. The molecule has 4 rings (SSSR count). The van der Waals surface area contributed by atoms with Gasteiger partial charge in [-0.1, -0.05) is 49.6 Å². The van der Waals surface area contributed by atoms with Gasteiger partial charge in [0.2, 0.25) is 5.82 Å². The Kier molecular flexibility index (Phi) is 3.96. The van der Waals surface area contributed by atoms with Gasteiger partial charge in [0.25, 0.3) is 0 Å². The van der Waals surface area contributed by atoms with Crippen LogP contribution in [0.5, 0.6) is 0 Å². The van der Waals surface area contributed by atoms with Gasteiger partial charge in [0.05, 0.1) is 18.6 Å². The molecule has 0 bridgehead atoms. The Hall–Kier alpha value is -2.74. The molecular weight excluding hydrogens is 298 g/mol. The van der Waals surface area contributed by atoms with Crippen molar-refractivity contribution >= 4 is 11.2 Å². The molecule has 1 aliphatic rings. The Morgan fingerprint density at radius 2 is 1.88 bits per heavy atom. The van der Waals surface area contributed by atoms with E-state index in [0.717, 1.165) is 29.7 Å². The van der Waals surface area contributed by atoms with E-state index in [1.807, 2.05) is 29.1 Å². The molecule has 2 heterocycles. The SMILES string of the molecule is N#Cc1nc(C2CCCCC2)c2ncn(Cc3ccccc3)c2n1. The van der Waals surface area contributed by atoms with Gasteiger partial charge in [0, 0.05) is 5.92 Å². The number of nitriles is 1. The van der Waals surface area contributed by atoms with E-state index in [1.54, 1.807) is 0 Å². The minimum Gasteiger partial charge on any atom is -0.311 e. The normalized spacial score (nSPS) is 15.5. The molecule has 0 amide bonds. The largest absolute Gasteiger partial charge is 0.311 e. The lowest BCUT2D eigenvalue weighted by Gasteiger charge is -2.21. The Balaban J connectivity index is 1.79. The lowest BCUT2D eigenvalue weighted by atomic mass is 9.86. The number of fused-ring (bicyclic) bond motifs is 1. The number of nitrogens with zero attached hydrogens (tertiary/aromatic N) is 5. The predicted molar refractivity (Wildman–Crippen MR) is 91.4 cm³/mol. The predicted octanol–water partition coefficient (Wildman–Crippen LogP) is 3.79. The van der Waals surface area contributed by atoms with Crippen LogP contribution in [0.4, 0.5) is 0 Å². The van der Waals surface area contributed by atoms with E-state index < -0.39 is 0 Å². The number of hydrogen-bond donors (Lipinski definition) is 0. The van der Waals surface area contributed by atoms with Crippen LogP contribution in [0.3, 0.4) is 0 Å². The van der Waals surface area contributed by atoms with Crippen molar-refractivity contribution in [3.63, 3.8) is 0 Å². The standard InChI is InChI=1S/C19H19N5/c20-11-16-22-17(15-9-5-2-6-10-15)18-19(23-16)24(13-21-18)12-14-7-3-1-4-8-14/h1,3-4,7-8,13,15H,2,5-6,9-10,12H2. The van der Waals surface area contributed by atoms with Crippen LogP contribution in [0.2, 0.25) is 0 Å². The van der Waals surface area contributed by atoms with Crippen molar-refractivity contribution in [2.24, 2.45) is 0 Å². The number of hydrogen-bond acceptors (Lipinski definition) is 4. The van der Waals surface area contributed by atoms with E-state index in [4.69, 9.17) is 0 Å². The average molecular weight is 317 g/mol. The van der Waals surface area contributed by atoms with Crippen LogP contribution in [0.1, 0.15) is 55.1 Å². The summed E-state index contributed by atoms with van der Waals surface area (Å²) in [6.07, 6.45) is 7.81. The third-order valence-electron chi connectivity index (χ3n) is 4.78. The highest BCUT2D eigenvalue weighted by Crippen LogP contribution is 2.34. The highest BCUT2D eigenvalue weighted by Gasteiger charge is 2.23. The molecule has 0 saturated heterocycles. The van der Waals surface area contributed by atoms with Gasteiger partial charge in [-0.05, 0) is 18.4 Å². The van der Waals surface area contributed by atoms with Crippen molar-refractivity contribution < 1.29 is 0 Å². The van der Waals surface area contributed by atoms with E-state index >= 15 is 0 Å². The molecule has 1 fully saturated rings. The highest BCUT2D eigenvalue weighted by molar-refractivity contribution is 5.74. The first kappa shape index (κ1) is 14.8. The summed E-state index contributed by atoms with van der Waals surface area (Å²) in [4.78, 5) is 13.5. The quantitative estimate of drug-likeness (QED) is 0.737. The van der Waals surface area contributed by atoms with Crippen LogP contribution < -0.4 is 0 Å². The molecule has 0 atom stereocenters. The van der Waals surface area contributed by atoms with Crippen molar-refractivity contribution in [1.29, 1.82) is 5.26 Å². The van der Waals surface area contributed by atoms with Crippen LogP contribution in [-0.4, -0.2) is 19.5 Å². The van der Waals surface area contributed by atoms with E-state index in [0.29, 0.717) is 12.5 Å². The highest BCUT2D eigenvalue weighted by atomic mass is 15.1. The number of imidazole rings is 1. The lowest BCUT2D eigenvalue weighted by molar-refractivity contribution is 0.438. The molecule has 24 heavy (non-hydrogen) atoms. The van der Waals surface area contributed by atoms with Crippen LogP contribution in [0.25, 0.3) is 11.2 Å². The maximum atomic E-state index is 9.33. The smallest absolute Gasteiger partial charge is 0.234 e. The molecule has 1 saturated carbocycles. The lowest BCUT2D eigenvalue weighted by Crippen LogP contribution is -2.10. The van der Waals surface area contributed by atoms with Gasteiger partial charge < -0.3 is 4.57 Å². The van der Waals surface area contributed by atoms with E-state index in [9.17, 15) is 5.26 Å². The van der Waals surface area contributed by atoms with Gasteiger partial charge in [-0.3, -0.25) is 0 Å². The summed E-state index contributed by atoms with van der Waals surface area (Å²) in [6, 6.07) is 12.3. The molecule has 1 aromatic carbocycles. The average Bonchev–Trinajstić information content (AvgIpc) is 3.05. The Morgan fingerprint density at radius 3 is 2.62 bits per heavy atom. The van der Waals surface area contributed by atoms with E-state index in [1.165, 1.54) is 24.8 Å². The Morgan fingerprint density at radius 1 is 1.08 bits per heavy atom. The molecule has 3 aromatic rings. The van der Waals surface area contributed by atoms with Crippen molar-refractivity contribution in [2.75, 3.05) is 0 Å². The molecule has 0 spiro atoms. The second-order valence-corrected chi connectivity index (χ2v) is 6.41. The summed E-state index contributed by atoms with van der Waals surface area (Å²) in [5.74, 6) is 0.648. The fourth-order valence-corrected chi connectivity index (χ4v) is 3.57. The third-order valence-corrected chi connectivity index (χ3v) is 4.78. The molecule has 0 radical (unpaired) electrons. The Labute approximate surface area is 141 Å². The maximum absolute atomic E-state index is 9.33. The van der Waals surface area contributed by atoms with Gasteiger partial charge in [-0.25, -0.2) is 9.97 Å². The second-order valence-electron chi connectivity index (χ2n) is 6.41. The molecular formula is C19H19N5. The number of benzene rings is 1. The first-order valence-corrected chi connectivity index (χ1v) is 8.52. The monoisotopic (exact) mass is 317 g/mol. The molecule has 0 N–H and O–H groups in total. The molecule has 1 aliphatic carbocycles. The first-order chi connectivity index (χ1) is 11.8. The zero-order valence-corrected chi connectivity index (χ0v) is 13.5. The second kappa shape index (κ2) is 6.40. The van der Waals surface area contributed by atoms with Gasteiger partial charge in [-0.2, -0.15) is 10.2 Å². The topological polar surface area (TPSA) is 67.4 Å². The molecule has 120 valence electrons. The summed E-state index contributed by atoms with van der Waals surface area (Å²) in [7, 11) is 0.